The number of benzene rings is 2. The number of hydrogen-bond donors (Lipinski definition) is 1. The van der Waals surface area contributed by atoms with E-state index in [0.717, 1.165) is 12.0 Å². The second-order valence-electron chi connectivity index (χ2n) is 8.35. The van der Waals surface area contributed by atoms with Crippen molar-refractivity contribution >= 4 is 39.1 Å². The lowest BCUT2D eigenvalue weighted by atomic mass is 9.97. The molecule has 0 radical (unpaired) electrons. The molecule has 1 amide bonds. The van der Waals surface area contributed by atoms with Crippen LogP contribution >= 0.6 is 11.3 Å². The Balaban J connectivity index is 1.44. The predicted octanol–water partition coefficient (Wildman–Crippen LogP) is 4.64. The topological polar surface area (TPSA) is 67.2 Å². The number of hydrogen-bond acceptors (Lipinski definition) is 5. The molecule has 1 atom stereocenters. The van der Waals surface area contributed by atoms with Crippen molar-refractivity contribution in [3.63, 3.8) is 0 Å². The molecule has 0 unspecified atom stereocenters. The van der Waals surface area contributed by atoms with E-state index >= 15 is 0 Å². The van der Waals surface area contributed by atoms with E-state index in [2.05, 4.69) is 5.32 Å². The number of anilines is 2. The second-order valence-corrected chi connectivity index (χ2v) is 9.27. The first-order chi connectivity index (χ1) is 16.5. The Labute approximate surface area is 198 Å². The highest BCUT2D eigenvalue weighted by Crippen LogP contribution is 2.26. The maximum Gasteiger partial charge on any atom is 0.273 e. The van der Waals surface area contributed by atoms with Crippen LogP contribution in [0, 0.1) is 17.6 Å². The largest absolute Gasteiger partial charge is 0.341 e. The molecular formula is C25H22F2N4O2S. The highest BCUT2D eigenvalue weighted by molar-refractivity contribution is 7.17. The van der Waals surface area contributed by atoms with Crippen molar-refractivity contribution in [2.24, 2.45) is 5.92 Å². The van der Waals surface area contributed by atoms with Crippen LogP contribution in [0.5, 0.6) is 0 Å². The minimum absolute atomic E-state index is 0.161. The van der Waals surface area contributed by atoms with Crippen LogP contribution < -0.4 is 15.8 Å². The Hall–Kier alpha value is -3.59. The number of thiophene rings is 1. The molecule has 6 nitrogen and oxygen atoms in total. The third-order valence-corrected chi connectivity index (χ3v) is 6.86. The normalized spacial score (nSPS) is 16.1. The minimum atomic E-state index is -0.416. The number of piperidine rings is 1. The molecule has 4 aromatic rings. The van der Waals surface area contributed by atoms with Gasteiger partial charge in [-0.25, -0.2) is 13.8 Å². The Bertz CT molecular complexity index is 1400. The number of fused-ring (bicyclic) bond motifs is 1. The Morgan fingerprint density at radius 3 is 2.74 bits per heavy atom. The summed E-state index contributed by atoms with van der Waals surface area (Å²) in [7, 11) is 0. The van der Waals surface area contributed by atoms with Gasteiger partial charge in [0.2, 0.25) is 11.9 Å². The molecule has 0 spiro atoms. The van der Waals surface area contributed by atoms with Gasteiger partial charge < -0.3 is 10.2 Å². The maximum atomic E-state index is 13.5. The summed E-state index contributed by atoms with van der Waals surface area (Å²) in [5.74, 6) is -0.804. The van der Waals surface area contributed by atoms with Crippen molar-refractivity contribution in [3.05, 3.63) is 87.5 Å². The number of nitrogens with zero attached hydrogens (tertiary/aromatic N) is 3. The first-order valence-corrected chi connectivity index (χ1v) is 11.9. The molecule has 2 aromatic carbocycles. The van der Waals surface area contributed by atoms with Gasteiger partial charge in [-0.3, -0.25) is 14.2 Å². The quantitative estimate of drug-likeness (QED) is 0.452. The van der Waals surface area contributed by atoms with E-state index in [1.165, 1.54) is 35.6 Å². The lowest BCUT2D eigenvalue weighted by Crippen LogP contribution is -2.43. The van der Waals surface area contributed by atoms with Crippen LogP contribution in [0.2, 0.25) is 0 Å². The van der Waals surface area contributed by atoms with Gasteiger partial charge in [0, 0.05) is 18.8 Å². The Kier molecular flexibility index (Phi) is 6.10. The van der Waals surface area contributed by atoms with E-state index < -0.39 is 5.82 Å². The molecule has 9 heteroatoms. The number of halogens is 2. The number of amides is 1. The smallest absolute Gasteiger partial charge is 0.273 e. The number of aromatic nitrogens is 2. The summed E-state index contributed by atoms with van der Waals surface area (Å²) in [5, 5.41) is 4.62. The van der Waals surface area contributed by atoms with Crippen molar-refractivity contribution in [2.75, 3.05) is 23.3 Å². The number of carbonyl (C=O) groups is 1. The van der Waals surface area contributed by atoms with E-state index in [-0.39, 0.29) is 29.7 Å². The van der Waals surface area contributed by atoms with E-state index in [9.17, 15) is 18.4 Å². The van der Waals surface area contributed by atoms with Gasteiger partial charge in [-0.1, -0.05) is 18.2 Å². The summed E-state index contributed by atoms with van der Waals surface area (Å²) in [4.78, 5) is 33.0. The second kappa shape index (κ2) is 9.34. The molecule has 0 aliphatic carbocycles. The summed E-state index contributed by atoms with van der Waals surface area (Å²) >= 11 is 1.34. The molecule has 1 fully saturated rings. The number of rotatable bonds is 5. The van der Waals surface area contributed by atoms with Crippen LogP contribution in [-0.2, 0) is 11.3 Å². The molecule has 0 bridgehead atoms. The average Bonchev–Trinajstić information content (AvgIpc) is 3.31. The fourth-order valence-corrected chi connectivity index (χ4v) is 5.05. The van der Waals surface area contributed by atoms with Gasteiger partial charge in [0.15, 0.2) is 0 Å². The third-order valence-electron chi connectivity index (χ3n) is 5.97. The Morgan fingerprint density at radius 1 is 1.12 bits per heavy atom. The molecule has 34 heavy (non-hydrogen) atoms. The molecule has 2 aromatic heterocycles. The highest BCUT2D eigenvalue weighted by atomic mass is 32.1. The van der Waals surface area contributed by atoms with Crippen molar-refractivity contribution in [2.45, 2.75) is 19.4 Å². The van der Waals surface area contributed by atoms with Crippen LogP contribution in [0.4, 0.5) is 20.4 Å². The van der Waals surface area contributed by atoms with Gasteiger partial charge in [-0.05, 0) is 60.2 Å². The van der Waals surface area contributed by atoms with Crippen LogP contribution in [0.25, 0.3) is 10.2 Å². The summed E-state index contributed by atoms with van der Waals surface area (Å²) in [5.41, 5.74) is 1.64. The molecule has 3 heterocycles. The van der Waals surface area contributed by atoms with E-state index in [1.807, 2.05) is 16.3 Å². The maximum absolute atomic E-state index is 13.5. The van der Waals surface area contributed by atoms with Crippen LogP contribution in [0.3, 0.4) is 0 Å². The molecule has 0 saturated carbocycles. The van der Waals surface area contributed by atoms with Gasteiger partial charge in [-0.15, -0.1) is 11.3 Å². The lowest BCUT2D eigenvalue weighted by molar-refractivity contribution is -0.120. The molecule has 5 rings (SSSR count). The minimum Gasteiger partial charge on any atom is -0.341 e. The third kappa shape index (κ3) is 4.56. The lowest BCUT2D eigenvalue weighted by Gasteiger charge is -2.34. The zero-order chi connectivity index (χ0) is 23.7. The summed E-state index contributed by atoms with van der Waals surface area (Å²) < 4.78 is 29.1. The number of carbonyl (C=O) groups excluding carboxylic acids is 1. The van der Waals surface area contributed by atoms with Crippen molar-refractivity contribution in [1.29, 1.82) is 0 Å². The first-order valence-electron chi connectivity index (χ1n) is 11.0. The zero-order valence-corrected chi connectivity index (χ0v) is 19.0. The van der Waals surface area contributed by atoms with Crippen LogP contribution in [-0.4, -0.2) is 28.5 Å². The molecule has 1 aliphatic rings. The highest BCUT2D eigenvalue weighted by Gasteiger charge is 2.29. The zero-order valence-electron chi connectivity index (χ0n) is 18.2. The van der Waals surface area contributed by atoms with Crippen molar-refractivity contribution in [3.8, 4) is 0 Å². The Morgan fingerprint density at radius 2 is 1.94 bits per heavy atom. The molecule has 1 aliphatic heterocycles. The molecule has 1 saturated heterocycles. The van der Waals surface area contributed by atoms with Crippen LogP contribution in [0.15, 0.2) is 64.8 Å². The van der Waals surface area contributed by atoms with E-state index in [0.29, 0.717) is 41.4 Å². The van der Waals surface area contributed by atoms with Gasteiger partial charge in [0.25, 0.3) is 5.56 Å². The monoisotopic (exact) mass is 480 g/mol. The fraction of sp³-hybridized carbons (Fsp3) is 0.240. The SMILES string of the molecule is O=C(Nc1cccc(F)c1)[C@@H]1CCCN(c2nc3ccsc3c(=O)n2Cc2ccc(F)cc2)C1. The van der Waals surface area contributed by atoms with Gasteiger partial charge in [0.1, 0.15) is 16.3 Å². The summed E-state index contributed by atoms with van der Waals surface area (Å²) in [6, 6.07) is 13.6. The summed E-state index contributed by atoms with van der Waals surface area (Å²) in [6.45, 7) is 1.27. The predicted molar refractivity (Wildman–Crippen MR) is 129 cm³/mol. The average molecular weight is 481 g/mol. The number of nitrogens with one attached hydrogen (secondary N) is 1. The standard InChI is InChI=1S/C25H22F2N4O2S/c26-18-8-6-16(7-9-18)14-31-24(33)22-21(10-12-34-22)29-25(31)30-11-2-3-17(15-30)23(32)28-20-5-1-4-19(27)13-20/h1,4-10,12-13,17H,2-3,11,14-15H2,(H,28,32)/t17-/m1/s1. The molecule has 1 N–H and O–H groups in total. The molecular weight excluding hydrogens is 458 g/mol. The first kappa shape index (κ1) is 22.2. The van der Waals surface area contributed by atoms with Crippen molar-refractivity contribution in [1.82, 2.24) is 9.55 Å². The van der Waals surface area contributed by atoms with E-state index in [1.54, 1.807) is 28.8 Å². The summed E-state index contributed by atoms with van der Waals surface area (Å²) in [6.07, 6.45) is 1.43. The van der Waals surface area contributed by atoms with Crippen LogP contribution in [0.1, 0.15) is 18.4 Å². The van der Waals surface area contributed by atoms with E-state index in [4.69, 9.17) is 4.98 Å². The molecule has 174 valence electrons. The fourth-order valence-electron chi connectivity index (χ4n) is 4.27. The van der Waals surface area contributed by atoms with Gasteiger partial charge >= 0.3 is 0 Å². The van der Waals surface area contributed by atoms with Crippen molar-refractivity contribution < 1.29 is 13.6 Å². The van der Waals surface area contributed by atoms with Gasteiger partial charge in [-0.2, -0.15) is 0 Å². The van der Waals surface area contributed by atoms with Gasteiger partial charge in [0.05, 0.1) is 18.0 Å².